The van der Waals surface area contributed by atoms with Gasteiger partial charge in [-0.05, 0) is 50.2 Å². The highest BCUT2D eigenvalue weighted by Gasteiger charge is 2.35. The summed E-state index contributed by atoms with van der Waals surface area (Å²) in [6.07, 6.45) is 2.63. The van der Waals surface area contributed by atoms with Crippen LogP contribution >= 0.6 is 34.5 Å². The SMILES string of the molecule is O=C1COCCN1c1ccc(Nc2ncc(Cl)c(-c3sc(C4(O)CCNCC4)nc3Cl)n2)cc1. The molecule has 1 aromatic carbocycles. The summed E-state index contributed by atoms with van der Waals surface area (Å²) in [4.78, 5) is 27.6. The number of aromatic nitrogens is 3. The van der Waals surface area contributed by atoms with Crippen LogP contribution < -0.4 is 15.5 Å². The van der Waals surface area contributed by atoms with Crippen LogP contribution in [0.25, 0.3) is 10.6 Å². The number of aliphatic hydroxyl groups is 1. The second kappa shape index (κ2) is 9.73. The molecular weight excluding hydrogens is 499 g/mol. The zero-order valence-electron chi connectivity index (χ0n) is 18.1. The number of piperidine rings is 1. The number of hydrogen-bond donors (Lipinski definition) is 3. The Morgan fingerprint density at radius 3 is 2.68 bits per heavy atom. The Morgan fingerprint density at radius 1 is 1.18 bits per heavy atom. The molecule has 3 N–H and O–H groups in total. The molecule has 2 fully saturated rings. The van der Waals surface area contributed by atoms with Gasteiger partial charge in [0.2, 0.25) is 5.95 Å². The number of carbonyl (C=O) groups is 1. The highest BCUT2D eigenvalue weighted by molar-refractivity contribution is 7.16. The molecule has 0 atom stereocenters. The van der Waals surface area contributed by atoms with Crippen molar-refractivity contribution >= 4 is 57.8 Å². The van der Waals surface area contributed by atoms with Crippen LogP contribution in [0.2, 0.25) is 10.2 Å². The molecule has 2 saturated heterocycles. The topological polar surface area (TPSA) is 112 Å². The van der Waals surface area contributed by atoms with Gasteiger partial charge in [-0.1, -0.05) is 23.2 Å². The molecule has 0 unspecified atom stereocenters. The highest BCUT2D eigenvalue weighted by atomic mass is 35.5. The van der Waals surface area contributed by atoms with E-state index in [0.29, 0.717) is 65.6 Å². The minimum Gasteiger partial charge on any atom is -0.383 e. The lowest BCUT2D eigenvalue weighted by Crippen LogP contribution is -2.41. The van der Waals surface area contributed by atoms with Crippen molar-refractivity contribution in [3.63, 3.8) is 0 Å². The Kier molecular flexibility index (Phi) is 6.70. The average Bonchev–Trinajstić information content (AvgIpc) is 3.24. The Labute approximate surface area is 210 Å². The second-order valence-corrected chi connectivity index (χ2v) is 9.84. The number of rotatable bonds is 5. The Bertz CT molecular complexity index is 1200. The van der Waals surface area contributed by atoms with E-state index in [1.54, 1.807) is 4.90 Å². The van der Waals surface area contributed by atoms with E-state index >= 15 is 0 Å². The molecule has 0 bridgehead atoms. The predicted molar refractivity (Wildman–Crippen MR) is 132 cm³/mol. The van der Waals surface area contributed by atoms with Crippen LogP contribution in [0.3, 0.4) is 0 Å². The lowest BCUT2D eigenvalue weighted by molar-refractivity contribution is -0.125. The van der Waals surface area contributed by atoms with Crippen molar-refractivity contribution in [2.75, 3.05) is 43.1 Å². The van der Waals surface area contributed by atoms with E-state index in [1.165, 1.54) is 17.5 Å². The molecule has 12 heteroatoms. The van der Waals surface area contributed by atoms with Gasteiger partial charge in [0.05, 0.1) is 22.7 Å². The van der Waals surface area contributed by atoms with Gasteiger partial charge >= 0.3 is 0 Å². The van der Waals surface area contributed by atoms with Crippen molar-refractivity contribution in [1.82, 2.24) is 20.3 Å². The van der Waals surface area contributed by atoms with E-state index in [-0.39, 0.29) is 17.7 Å². The minimum atomic E-state index is -1.01. The number of halogens is 2. The number of nitrogens with one attached hydrogen (secondary N) is 2. The van der Waals surface area contributed by atoms with Crippen LogP contribution in [0, 0.1) is 0 Å². The van der Waals surface area contributed by atoms with E-state index in [2.05, 4.69) is 25.6 Å². The molecular formula is C22H22Cl2N6O3S. The van der Waals surface area contributed by atoms with E-state index in [9.17, 15) is 9.90 Å². The third-order valence-electron chi connectivity index (χ3n) is 5.79. The quantitative estimate of drug-likeness (QED) is 0.467. The third kappa shape index (κ3) is 4.74. The standard InChI is InChI=1S/C22H22Cl2N6O3S/c23-15-11-26-21(27-13-1-3-14(4-2-13)30-9-10-33-12-16(30)31)28-17(15)18-19(24)29-20(34-18)22(32)5-7-25-8-6-22/h1-4,11,25,32H,5-10,12H2,(H,26,27,28). The van der Waals surface area contributed by atoms with Gasteiger partial charge in [-0.15, -0.1) is 11.3 Å². The Hall–Kier alpha value is -2.34. The van der Waals surface area contributed by atoms with Gasteiger partial charge in [0.15, 0.2) is 0 Å². The number of amides is 1. The number of thiazole rings is 1. The summed E-state index contributed by atoms with van der Waals surface area (Å²) in [6.45, 7) is 2.56. The van der Waals surface area contributed by atoms with Crippen LogP contribution in [-0.2, 0) is 15.1 Å². The van der Waals surface area contributed by atoms with Crippen molar-refractivity contribution in [2.45, 2.75) is 18.4 Å². The molecule has 3 aromatic rings. The normalized spacial score (nSPS) is 18.2. The fourth-order valence-electron chi connectivity index (χ4n) is 3.93. The number of anilines is 3. The molecule has 0 aliphatic carbocycles. The van der Waals surface area contributed by atoms with E-state index in [0.717, 1.165) is 11.4 Å². The van der Waals surface area contributed by atoms with Crippen LogP contribution in [0.15, 0.2) is 30.5 Å². The molecule has 5 rings (SSSR count). The predicted octanol–water partition coefficient (Wildman–Crippen LogP) is 3.58. The van der Waals surface area contributed by atoms with Crippen molar-refractivity contribution in [3.8, 4) is 10.6 Å². The van der Waals surface area contributed by atoms with Crippen molar-refractivity contribution in [3.05, 3.63) is 45.6 Å². The lowest BCUT2D eigenvalue weighted by atomic mass is 9.93. The number of morpholine rings is 1. The summed E-state index contributed by atoms with van der Waals surface area (Å²) in [5.41, 5.74) is 0.984. The molecule has 0 radical (unpaired) electrons. The zero-order chi connectivity index (χ0) is 23.7. The fourth-order valence-corrected chi connectivity index (χ4v) is 5.62. The number of benzene rings is 1. The minimum absolute atomic E-state index is 0.0624. The van der Waals surface area contributed by atoms with Gasteiger partial charge in [0.1, 0.15) is 28.1 Å². The maximum absolute atomic E-state index is 12.0. The van der Waals surface area contributed by atoms with E-state index in [1.807, 2.05) is 24.3 Å². The van der Waals surface area contributed by atoms with Gasteiger partial charge in [-0.2, -0.15) is 0 Å². The lowest BCUT2D eigenvalue weighted by Gasteiger charge is -2.30. The number of hydrogen-bond acceptors (Lipinski definition) is 9. The van der Waals surface area contributed by atoms with E-state index in [4.69, 9.17) is 27.9 Å². The maximum Gasteiger partial charge on any atom is 0.253 e. The Morgan fingerprint density at radius 2 is 1.94 bits per heavy atom. The molecule has 1 amide bonds. The molecule has 4 heterocycles. The van der Waals surface area contributed by atoms with Gasteiger partial charge in [0.25, 0.3) is 5.91 Å². The smallest absolute Gasteiger partial charge is 0.253 e. The summed E-state index contributed by atoms with van der Waals surface area (Å²) < 4.78 is 5.18. The highest BCUT2D eigenvalue weighted by Crippen LogP contribution is 2.42. The maximum atomic E-state index is 12.0. The number of carbonyl (C=O) groups excluding carboxylic acids is 1. The van der Waals surface area contributed by atoms with Crippen molar-refractivity contribution in [2.24, 2.45) is 0 Å². The number of nitrogens with zero attached hydrogens (tertiary/aromatic N) is 4. The summed E-state index contributed by atoms with van der Waals surface area (Å²) in [7, 11) is 0. The molecule has 2 aliphatic rings. The van der Waals surface area contributed by atoms with Gasteiger partial charge in [0, 0.05) is 17.9 Å². The van der Waals surface area contributed by atoms with E-state index < -0.39 is 5.60 Å². The van der Waals surface area contributed by atoms with Crippen molar-refractivity contribution < 1.29 is 14.6 Å². The van der Waals surface area contributed by atoms with Gasteiger partial charge in [-0.25, -0.2) is 15.0 Å². The first-order valence-electron chi connectivity index (χ1n) is 10.8. The first kappa shape index (κ1) is 23.4. The summed E-state index contributed by atoms with van der Waals surface area (Å²) in [6, 6.07) is 7.41. The molecule has 2 aromatic heterocycles. The monoisotopic (exact) mass is 520 g/mol. The summed E-state index contributed by atoms with van der Waals surface area (Å²) in [5.74, 6) is 0.272. The third-order valence-corrected chi connectivity index (χ3v) is 7.71. The summed E-state index contributed by atoms with van der Waals surface area (Å²) in [5, 5.41) is 18.6. The molecule has 178 valence electrons. The van der Waals surface area contributed by atoms with Crippen LogP contribution in [-0.4, -0.2) is 58.8 Å². The molecule has 0 spiro atoms. The molecule has 9 nitrogen and oxygen atoms in total. The van der Waals surface area contributed by atoms with Crippen LogP contribution in [0.5, 0.6) is 0 Å². The number of ether oxygens (including phenoxy) is 1. The van der Waals surface area contributed by atoms with Crippen LogP contribution in [0.4, 0.5) is 17.3 Å². The molecule has 0 saturated carbocycles. The van der Waals surface area contributed by atoms with Gasteiger partial charge < -0.3 is 25.4 Å². The second-order valence-electron chi connectivity index (χ2n) is 8.08. The largest absolute Gasteiger partial charge is 0.383 e. The first-order valence-corrected chi connectivity index (χ1v) is 12.4. The zero-order valence-corrected chi connectivity index (χ0v) is 20.4. The Balaban J connectivity index is 1.37. The summed E-state index contributed by atoms with van der Waals surface area (Å²) >= 11 is 14.1. The van der Waals surface area contributed by atoms with Crippen molar-refractivity contribution in [1.29, 1.82) is 0 Å². The average molecular weight is 521 g/mol. The first-order chi connectivity index (χ1) is 16.4. The van der Waals surface area contributed by atoms with Crippen LogP contribution in [0.1, 0.15) is 17.8 Å². The molecule has 34 heavy (non-hydrogen) atoms. The molecule has 2 aliphatic heterocycles. The van der Waals surface area contributed by atoms with Gasteiger partial charge in [-0.3, -0.25) is 4.79 Å². The fraction of sp³-hybridized carbons (Fsp3) is 0.364.